The second kappa shape index (κ2) is 13.8. The second-order valence-electron chi connectivity index (χ2n) is 12.8. The number of carbonyl (C=O) groups is 2. The van der Waals surface area contributed by atoms with Crippen molar-refractivity contribution >= 4 is 63.0 Å². The Morgan fingerprint density at radius 1 is 1.00 bits per heavy atom. The zero-order valence-corrected chi connectivity index (χ0v) is 30.8. The van der Waals surface area contributed by atoms with Crippen LogP contribution in [-0.4, -0.2) is 61.7 Å². The molecule has 3 aromatic heterocycles. The Hall–Kier alpha value is -4.80. The van der Waals surface area contributed by atoms with Gasteiger partial charge in [-0.1, -0.05) is 35.3 Å². The lowest BCUT2D eigenvalue weighted by Crippen LogP contribution is -2.24. The first-order valence-corrected chi connectivity index (χ1v) is 17.2. The van der Waals surface area contributed by atoms with Gasteiger partial charge in [0.2, 0.25) is 0 Å². The van der Waals surface area contributed by atoms with E-state index >= 15 is 0 Å². The van der Waals surface area contributed by atoms with Gasteiger partial charge in [0.25, 0.3) is 0 Å². The van der Waals surface area contributed by atoms with Crippen molar-refractivity contribution in [3.8, 4) is 16.9 Å². The van der Waals surface area contributed by atoms with Crippen LogP contribution in [-0.2, 0) is 27.1 Å². The third-order valence-electron chi connectivity index (χ3n) is 9.55. The molecular formula is C38H40Cl2N6O4. The molecule has 0 aliphatic carbocycles. The number of carbonyl (C=O) groups excluding carboxylic acids is 1. The number of aromatic nitrogens is 5. The number of carboxylic acids is 1. The number of aromatic carboxylic acids is 1. The van der Waals surface area contributed by atoms with Crippen molar-refractivity contribution in [2.45, 2.75) is 47.1 Å². The van der Waals surface area contributed by atoms with Crippen LogP contribution in [0.1, 0.15) is 55.5 Å². The van der Waals surface area contributed by atoms with E-state index in [-0.39, 0.29) is 5.69 Å². The van der Waals surface area contributed by atoms with E-state index in [0.29, 0.717) is 54.2 Å². The number of halogens is 2. The van der Waals surface area contributed by atoms with Crippen LogP contribution in [0.5, 0.6) is 5.75 Å². The van der Waals surface area contributed by atoms with Crippen LogP contribution in [0.25, 0.3) is 32.9 Å². The van der Waals surface area contributed by atoms with Crippen molar-refractivity contribution in [2.24, 2.45) is 14.1 Å². The number of carboxylic acid groups (broad SMARTS) is 1. The van der Waals surface area contributed by atoms with Crippen molar-refractivity contribution in [2.75, 3.05) is 25.1 Å². The molecule has 6 aromatic rings. The van der Waals surface area contributed by atoms with Crippen LogP contribution < -0.4 is 9.64 Å². The highest BCUT2D eigenvalue weighted by molar-refractivity contribution is 6.35. The van der Waals surface area contributed by atoms with Crippen LogP contribution in [0.2, 0.25) is 10.0 Å². The normalized spacial score (nSPS) is 11.5. The Bertz CT molecular complexity index is 2280. The van der Waals surface area contributed by atoms with E-state index in [9.17, 15) is 14.7 Å². The number of benzene rings is 3. The molecule has 0 aliphatic heterocycles. The van der Waals surface area contributed by atoms with Crippen molar-refractivity contribution in [1.82, 2.24) is 24.1 Å². The Kier molecular flexibility index (Phi) is 9.70. The molecule has 10 nitrogen and oxygen atoms in total. The average Bonchev–Trinajstić information content (AvgIpc) is 3.66. The molecule has 12 heteroatoms. The Morgan fingerprint density at radius 2 is 1.72 bits per heavy atom. The standard InChI is InChI=1S/C38H40Cl2N6O4/c1-21-18-25(19-22(2)35(21)40)50-17-9-10-26-27-13-14-28(39)33(32-23(3)41-44(6)24(32)4)36(27)46(31(26)20-47)16-15-43(5)30-12-8-11-29-34(30)37(38(48)49)45(7)42-29/h8,11-14,18-20H,9-10,15-17H2,1-7H3,(H,48,49). The van der Waals surface area contributed by atoms with Crippen LogP contribution in [0.3, 0.4) is 0 Å². The summed E-state index contributed by atoms with van der Waals surface area (Å²) in [5.74, 6) is -0.288. The molecule has 0 radical (unpaired) electrons. The topological polar surface area (TPSA) is 107 Å². The fraction of sp³-hybridized carbons (Fsp3) is 0.316. The summed E-state index contributed by atoms with van der Waals surface area (Å²) in [5.41, 5.74) is 9.28. The first-order valence-electron chi connectivity index (χ1n) is 16.4. The van der Waals surface area contributed by atoms with Crippen molar-refractivity contribution in [3.63, 3.8) is 0 Å². The second-order valence-corrected chi connectivity index (χ2v) is 13.6. The third kappa shape index (κ3) is 6.11. The summed E-state index contributed by atoms with van der Waals surface area (Å²) < 4.78 is 11.4. The van der Waals surface area contributed by atoms with E-state index in [1.54, 1.807) is 13.1 Å². The van der Waals surface area contributed by atoms with Crippen molar-refractivity contribution in [3.05, 3.63) is 92.0 Å². The lowest BCUT2D eigenvalue weighted by molar-refractivity contribution is 0.0687. The molecule has 0 saturated carbocycles. The van der Waals surface area contributed by atoms with Crippen LogP contribution >= 0.6 is 23.2 Å². The number of likely N-dealkylation sites (N-methyl/N-ethyl adjacent to an activating group) is 1. The largest absolute Gasteiger partial charge is 0.494 e. The fourth-order valence-electron chi connectivity index (χ4n) is 7.10. The molecule has 3 aromatic carbocycles. The molecule has 0 aliphatic rings. The van der Waals surface area contributed by atoms with E-state index in [0.717, 1.165) is 72.9 Å². The maximum Gasteiger partial charge on any atom is 0.354 e. The van der Waals surface area contributed by atoms with E-state index in [4.69, 9.17) is 27.9 Å². The number of ether oxygens (including phenoxy) is 1. The minimum absolute atomic E-state index is 0.118. The molecule has 0 unspecified atom stereocenters. The molecule has 3 heterocycles. The van der Waals surface area contributed by atoms with Gasteiger partial charge >= 0.3 is 5.97 Å². The van der Waals surface area contributed by atoms with Gasteiger partial charge in [-0.2, -0.15) is 10.2 Å². The van der Waals surface area contributed by atoms with Gasteiger partial charge in [0.1, 0.15) is 5.75 Å². The van der Waals surface area contributed by atoms with E-state index < -0.39 is 5.97 Å². The Balaban J connectivity index is 1.41. The van der Waals surface area contributed by atoms with Gasteiger partial charge in [0, 0.05) is 67.1 Å². The quantitative estimate of drug-likeness (QED) is 0.101. The highest BCUT2D eigenvalue weighted by atomic mass is 35.5. The number of aryl methyl sites for hydroxylation is 6. The summed E-state index contributed by atoms with van der Waals surface area (Å²) in [4.78, 5) is 27.3. The van der Waals surface area contributed by atoms with E-state index in [2.05, 4.69) is 14.8 Å². The number of hydrogen-bond donors (Lipinski definition) is 1. The smallest absolute Gasteiger partial charge is 0.354 e. The molecule has 0 bridgehead atoms. The molecule has 0 spiro atoms. The molecule has 1 N–H and O–H groups in total. The molecule has 0 atom stereocenters. The molecule has 0 amide bonds. The summed E-state index contributed by atoms with van der Waals surface area (Å²) in [6.07, 6.45) is 2.19. The van der Waals surface area contributed by atoms with Gasteiger partial charge in [-0.25, -0.2) is 4.79 Å². The Morgan fingerprint density at radius 3 is 2.36 bits per heavy atom. The highest BCUT2D eigenvalue weighted by Crippen LogP contribution is 2.42. The van der Waals surface area contributed by atoms with Crippen molar-refractivity contribution < 1.29 is 19.4 Å². The van der Waals surface area contributed by atoms with Crippen molar-refractivity contribution in [1.29, 1.82) is 0 Å². The van der Waals surface area contributed by atoms with Gasteiger partial charge in [-0.3, -0.25) is 14.2 Å². The van der Waals surface area contributed by atoms with Gasteiger partial charge in [-0.05, 0) is 87.6 Å². The molecule has 6 rings (SSSR count). The predicted octanol–water partition coefficient (Wildman–Crippen LogP) is 8.13. The van der Waals surface area contributed by atoms with E-state index in [1.165, 1.54) is 4.68 Å². The summed E-state index contributed by atoms with van der Waals surface area (Å²) >= 11 is 13.4. The highest BCUT2D eigenvalue weighted by Gasteiger charge is 2.26. The molecular weight excluding hydrogens is 675 g/mol. The van der Waals surface area contributed by atoms with Gasteiger partial charge in [0.05, 0.1) is 39.4 Å². The SMILES string of the molecule is Cc1cc(OCCCc2c(C=O)n(CCN(C)c3cccc4nn(C)c(C(=O)O)c34)c3c(-c4c(C)nn(C)c4C)c(Cl)ccc23)cc(C)c1Cl. The predicted molar refractivity (Wildman–Crippen MR) is 200 cm³/mol. The van der Waals surface area contributed by atoms with Gasteiger partial charge in [-0.15, -0.1) is 0 Å². The maximum absolute atomic E-state index is 13.1. The zero-order valence-electron chi connectivity index (χ0n) is 29.3. The minimum atomic E-state index is -1.05. The van der Waals surface area contributed by atoms with Crippen LogP contribution in [0.4, 0.5) is 5.69 Å². The number of fused-ring (bicyclic) bond motifs is 2. The molecule has 0 saturated heterocycles. The first kappa shape index (κ1) is 35.0. The van der Waals surface area contributed by atoms with E-state index in [1.807, 2.05) is 87.8 Å². The number of hydrogen-bond acceptors (Lipinski definition) is 6. The van der Waals surface area contributed by atoms with Crippen LogP contribution in [0.15, 0.2) is 42.5 Å². The lowest BCUT2D eigenvalue weighted by atomic mass is 9.98. The number of rotatable bonds is 12. The number of anilines is 1. The molecule has 260 valence electrons. The summed E-state index contributed by atoms with van der Waals surface area (Å²) in [5, 5.41) is 21.9. The zero-order chi connectivity index (χ0) is 36.0. The molecule has 0 fully saturated rings. The van der Waals surface area contributed by atoms with Gasteiger partial charge < -0.3 is 19.3 Å². The average molecular weight is 716 g/mol. The van der Waals surface area contributed by atoms with Crippen LogP contribution in [0, 0.1) is 27.7 Å². The monoisotopic (exact) mass is 714 g/mol. The lowest BCUT2D eigenvalue weighted by Gasteiger charge is -2.22. The summed E-state index contributed by atoms with van der Waals surface area (Å²) in [6, 6.07) is 13.3. The third-order valence-corrected chi connectivity index (χ3v) is 10.5. The first-order chi connectivity index (χ1) is 23.8. The van der Waals surface area contributed by atoms with Gasteiger partial charge in [0.15, 0.2) is 12.0 Å². The summed E-state index contributed by atoms with van der Waals surface area (Å²) in [7, 11) is 5.46. The minimum Gasteiger partial charge on any atom is -0.494 e. The fourth-order valence-corrected chi connectivity index (χ4v) is 7.46. The Labute approximate surface area is 300 Å². The number of aldehydes is 1. The number of nitrogens with zero attached hydrogens (tertiary/aromatic N) is 6. The maximum atomic E-state index is 13.1. The molecule has 50 heavy (non-hydrogen) atoms. The summed E-state index contributed by atoms with van der Waals surface area (Å²) in [6.45, 7) is 9.24.